The molecule has 0 spiro atoms. The Morgan fingerprint density at radius 3 is 2.73 bits per heavy atom. The molecule has 2 heterocycles. The van der Waals surface area contributed by atoms with Crippen LogP contribution in [0.4, 0.5) is 5.69 Å². The summed E-state index contributed by atoms with van der Waals surface area (Å²) in [5.74, 6) is 5.79. The van der Waals surface area contributed by atoms with Gasteiger partial charge in [0.05, 0.1) is 10.8 Å². The molecule has 1 atom stereocenters. The van der Waals surface area contributed by atoms with Gasteiger partial charge in [-0.3, -0.25) is 9.59 Å². The number of amides is 2. The quantitative estimate of drug-likeness (QED) is 0.642. The summed E-state index contributed by atoms with van der Waals surface area (Å²) in [6.07, 6.45) is 0.246. The molecule has 1 aliphatic heterocycles. The summed E-state index contributed by atoms with van der Waals surface area (Å²) in [5, 5.41) is 4.94. The third-order valence-corrected chi connectivity index (χ3v) is 5.85. The van der Waals surface area contributed by atoms with E-state index < -0.39 is 0 Å². The molecule has 0 aliphatic carbocycles. The highest BCUT2D eigenvalue weighted by Crippen LogP contribution is 2.22. The molecule has 150 valence electrons. The number of thiophene rings is 1. The molecule has 1 aromatic heterocycles. The van der Waals surface area contributed by atoms with E-state index in [0.29, 0.717) is 18.8 Å². The van der Waals surface area contributed by atoms with Gasteiger partial charge in [-0.2, -0.15) is 0 Å². The van der Waals surface area contributed by atoms with Crippen molar-refractivity contribution >= 4 is 28.8 Å². The first-order chi connectivity index (χ1) is 14.6. The summed E-state index contributed by atoms with van der Waals surface area (Å²) in [6, 6.07) is 19.6. The average Bonchev–Trinajstić information content (AvgIpc) is 3.39. The van der Waals surface area contributed by atoms with Crippen LogP contribution in [0.2, 0.25) is 0 Å². The molecule has 1 unspecified atom stereocenters. The van der Waals surface area contributed by atoms with E-state index in [4.69, 9.17) is 0 Å². The van der Waals surface area contributed by atoms with Crippen LogP contribution in [-0.2, 0) is 16.1 Å². The highest BCUT2D eigenvalue weighted by atomic mass is 32.1. The van der Waals surface area contributed by atoms with Crippen molar-refractivity contribution in [1.29, 1.82) is 0 Å². The van der Waals surface area contributed by atoms with Gasteiger partial charge in [-0.05, 0) is 42.1 Å². The first-order valence-corrected chi connectivity index (χ1v) is 10.7. The van der Waals surface area contributed by atoms with Crippen LogP contribution in [0.5, 0.6) is 0 Å². The first-order valence-electron chi connectivity index (χ1n) is 9.86. The lowest BCUT2D eigenvalue weighted by Gasteiger charge is -2.17. The van der Waals surface area contributed by atoms with Gasteiger partial charge < -0.3 is 10.2 Å². The molecule has 0 saturated carbocycles. The van der Waals surface area contributed by atoms with Gasteiger partial charge in [-0.15, -0.1) is 11.3 Å². The van der Waals surface area contributed by atoms with Gasteiger partial charge in [-0.25, -0.2) is 0 Å². The lowest BCUT2D eigenvalue weighted by molar-refractivity contribution is -0.128. The van der Waals surface area contributed by atoms with Crippen LogP contribution in [-0.4, -0.2) is 23.3 Å². The van der Waals surface area contributed by atoms with Crippen molar-refractivity contribution in [1.82, 2.24) is 4.90 Å². The molecule has 1 aliphatic rings. The van der Waals surface area contributed by atoms with Crippen LogP contribution in [0, 0.1) is 24.7 Å². The molecule has 1 saturated heterocycles. The smallest absolute Gasteiger partial charge is 0.229 e. The second-order valence-electron chi connectivity index (χ2n) is 7.46. The predicted octanol–water partition coefficient (Wildman–Crippen LogP) is 4.44. The molecular formula is C25H22N2O2S. The lowest BCUT2D eigenvalue weighted by Crippen LogP contribution is -2.28. The molecule has 30 heavy (non-hydrogen) atoms. The number of carbonyl (C=O) groups excluding carboxylic acids is 2. The highest BCUT2D eigenvalue weighted by molar-refractivity contribution is 7.10. The zero-order valence-corrected chi connectivity index (χ0v) is 17.5. The zero-order valence-electron chi connectivity index (χ0n) is 16.7. The monoisotopic (exact) mass is 414 g/mol. The molecule has 2 amide bonds. The maximum atomic E-state index is 12.7. The van der Waals surface area contributed by atoms with Gasteiger partial charge in [0.15, 0.2) is 0 Å². The standard InChI is InChI=1S/C25H22N2O2S/c1-18-7-9-20(10-8-18)16-27-17-21(15-24(27)28)25(29)26-22-5-2-4-19(14-22)11-12-23-6-3-13-30-23/h2-10,13-14,21H,15-17H2,1H3,(H,26,29). The number of nitrogens with one attached hydrogen (secondary N) is 1. The van der Waals surface area contributed by atoms with E-state index in [1.807, 2.05) is 73.0 Å². The minimum absolute atomic E-state index is 0.0197. The topological polar surface area (TPSA) is 49.4 Å². The van der Waals surface area contributed by atoms with E-state index in [1.54, 1.807) is 16.2 Å². The number of rotatable bonds is 4. The SMILES string of the molecule is Cc1ccc(CN2CC(C(=O)Nc3cccc(C#Cc4cccs4)c3)CC2=O)cc1. The van der Waals surface area contributed by atoms with E-state index in [0.717, 1.165) is 16.0 Å². The van der Waals surface area contributed by atoms with Crippen molar-refractivity contribution in [3.63, 3.8) is 0 Å². The molecule has 3 aromatic rings. The molecule has 4 nitrogen and oxygen atoms in total. The Kier molecular flexibility index (Phi) is 5.97. The van der Waals surface area contributed by atoms with Gasteiger partial charge >= 0.3 is 0 Å². The molecule has 0 bridgehead atoms. The Balaban J connectivity index is 1.37. The minimum atomic E-state index is -0.344. The van der Waals surface area contributed by atoms with E-state index in [2.05, 4.69) is 17.2 Å². The summed E-state index contributed by atoms with van der Waals surface area (Å²) in [6.45, 7) is 3.01. The Morgan fingerprint density at radius 2 is 1.97 bits per heavy atom. The van der Waals surface area contributed by atoms with Gasteiger partial charge in [0.2, 0.25) is 11.8 Å². The fourth-order valence-corrected chi connectivity index (χ4v) is 3.99. The highest BCUT2D eigenvalue weighted by Gasteiger charge is 2.34. The molecule has 0 radical (unpaired) electrons. The fraction of sp³-hybridized carbons (Fsp3) is 0.200. The van der Waals surface area contributed by atoms with Gasteiger partial charge in [0.25, 0.3) is 0 Å². The Hall–Kier alpha value is -3.36. The van der Waals surface area contributed by atoms with Crippen LogP contribution >= 0.6 is 11.3 Å². The van der Waals surface area contributed by atoms with E-state index in [-0.39, 0.29) is 24.2 Å². The van der Waals surface area contributed by atoms with Crippen LogP contribution < -0.4 is 5.32 Å². The fourth-order valence-electron chi connectivity index (χ4n) is 3.42. The third kappa shape index (κ3) is 4.97. The summed E-state index contributed by atoms with van der Waals surface area (Å²) < 4.78 is 0. The number of benzene rings is 2. The van der Waals surface area contributed by atoms with Crippen molar-refractivity contribution in [3.05, 3.63) is 87.6 Å². The zero-order chi connectivity index (χ0) is 20.9. The van der Waals surface area contributed by atoms with E-state index in [1.165, 1.54) is 5.56 Å². The number of hydrogen-bond donors (Lipinski definition) is 1. The molecule has 1 fully saturated rings. The average molecular weight is 415 g/mol. The van der Waals surface area contributed by atoms with Crippen LogP contribution in [0.3, 0.4) is 0 Å². The second kappa shape index (κ2) is 8.98. The number of anilines is 1. The molecule has 2 aromatic carbocycles. The molecule has 1 N–H and O–H groups in total. The maximum absolute atomic E-state index is 12.7. The van der Waals surface area contributed by atoms with Crippen molar-refractivity contribution in [2.24, 2.45) is 5.92 Å². The number of nitrogens with zero attached hydrogens (tertiary/aromatic N) is 1. The van der Waals surface area contributed by atoms with Gasteiger partial charge in [0, 0.05) is 30.8 Å². The number of aryl methyl sites for hydroxylation is 1. The van der Waals surface area contributed by atoms with Crippen LogP contribution in [0.25, 0.3) is 0 Å². The van der Waals surface area contributed by atoms with Gasteiger partial charge in [0.1, 0.15) is 0 Å². The van der Waals surface area contributed by atoms with Crippen molar-refractivity contribution in [2.45, 2.75) is 19.9 Å². The van der Waals surface area contributed by atoms with Crippen molar-refractivity contribution in [3.8, 4) is 11.8 Å². The predicted molar refractivity (Wildman–Crippen MR) is 120 cm³/mol. The van der Waals surface area contributed by atoms with Crippen LogP contribution in [0.1, 0.15) is 28.0 Å². The Labute approximate surface area is 180 Å². The van der Waals surface area contributed by atoms with Crippen molar-refractivity contribution in [2.75, 3.05) is 11.9 Å². The summed E-state index contributed by atoms with van der Waals surface area (Å²) >= 11 is 1.60. The van der Waals surface area contributed by atoms with Crippen molar-refractivity contribution < 1.29 is 9.59 Å². The number of hydrogen-bond acceptors (Lipinski definition) is 3. The number of carbonyl (C=O) groups is 2. The third-order valence-electron chi connectivity index (χ3n) is 5.06. The molecular weight excluding hydrogens is 392 g/mol. The summed E-state index contributed by atoms with van der Waals surface area (Å²) in [5.41, 5.74) is 3.80. The second-order valence-corrected chi connectivity index (χ2v) is 8.41. The lowest BCUT2D eigenvalue weighted by atomic mass is 10.1. The summed E-state index contributed by atoms with van der Waals surface area (Å²) in [7, 11) is 0. The largest absolute Gasteiger partial charge is 0.338 e. The number of likely N-dealkylation sites (tertiary alicyclic amines) is 1. The minimum Gasteiger partial charge on any atom is -0.338 e. The Bertz CT molecular complexity index is 1110. The summed E-state index contributed by atoms with van der Waals surface area (Å²) in [4.78, 5) is 27.9. The molecule has 4 rings (SSSR count). The Morgan fingerprint density at radius 1 is 1.13 bits per heavy atom. The molecule has 5 heteroatoms. The van der Waals surface area contributed by atoms with E-state index >= 15 is 0 Å². The first kappa shape index (κ1) is 19.9. The maximum Gasteiger partial charge on any atom is 0.229 e. The van der Waals surface area contributed by atoms with Gasteiger partial charge in [-0.1, -0.05) is 53.8 Å². The van der Waals surface area contributed by atoms with E-state index in [9.17, 15) is 9.59 Å². The van der Waals surface area contributed by atoms with Crippen LogP contribution in [0.15, 0.2) is 66.0 Å². The normalized spacial score (nSPS) is 15.6.